The monoisotopic (exact) mass is 165 g/mol. The van der Waals surface area contributed by atoms with Gasteiger partial charge in [0.05, 0.1) is 0 Å². The van der Waals surface area contributed by atoms with Crippen LogP contribution < -0.4 is 5.73 Å². The first kappa shape index (κ1) is 7.74. The van der Waals surface area contributed by atoms with Crippen LogP contribution in [0.3, 0.4) is 0 Å². The second-order valence-electron chi connectivity index (χ2n) is 3.44. The summed E-state index contributed by atoms with van der Waals surface area (Å²) >= 11 is 0. The Labute approximate surface area is 71.4 Å². The molecule has 2 N–H and O–H groups in total. The molecule has 64 valence electrons. The van der Waals surface area contributed by atoms with E-state index in [1.54, 1.807) is 12.1 Å². The minimum atomic E-state index is -0.139. The molecular weight excluding hydrogens is 153 g/mol. The molecule has 0 aliphatic heterocycles. The number of halogens is 1. The molecule has 1 aliphatic carbocycles. The SMILES string of the molecule is Cc1cc(F)cc2c1C(N)CC2. The Morgan fingerprint density at radius 1 is 1.50 bits per heavy atom. The molecular formula is C10H12FN. The first-order valence-electron chi connectivity index (χ1n) is 4.23. The molecule has 0 saturated carbocycles. The van der Waals surface area contributed by atoms with Gasteiger partial charge in [0.15, 0.2) is 0 Å². The summed E-state index contributed by atoms with van der Waals surface area (Å²) in [6.45, 7) is 1.92. The first-order valence-corrected chi connectivity index (χ1v) is 4.23. The molecule has 2 heteroatoms. The van der Waals surface area contributed by atoms with Crippen molar-refractivity contribution in [1.29, 1.82) is 0 Å². The topological polar surface area (TPSA) is 26.0 Å². The van der Waals surface area contributed by atoms with E-state index in [-0.39, 0.29) is 11.9 Å². The van der Waals surface area contributed by atoms with Gasteiger partial charge in [-0.1, -0.05) is 0 Å². The lowest BCUT2D eigenvalue weighted by Crippen LogP contribution is -2.07. The Bertz CT molecular complexity index is 320. The van der Waals surface area contributed by atoms with Gasteiger partial charge in [0.2, 0.25) is 0 Å². The lowest BCUT2D eigenvalue weighted by atomic mass is 10.0. The van der Waals surface area contributed by atoms with Gasteiger partial charge in [0.1, 0.15) is 5.82 Å². The summed E-state index contributed by atoms with van der Waals surface area (Å²) < 4.78 is 12.9. The van der Waals surface area contributed by atoms with Crippen LogP contribution in [0.15, 0.2) is 12.1 Å². The summed E-state index contributed by atoms with van der Waals surface area (Å²) in [6.07, 6.45) is 1.88. The average molecular weight is 165 g/mol. The predicted molar refractivity (Wildman–Crippen MR) is 46.4 cm³/mol. The third-order valence-electron chi connectivity index (χ3n) is 2.53. The molecule has 0 radical (unpaired) electrons. The van der Waals surface area contributed by atoms with Gasteiger partial charge < -0.3 is 5.73 Å². The van der Waals surface area contributed by atoms with E-state index < -0.39 is 0 Å². The zero-order chi connectivity index (χ0) is 8.72. The van der Waals surface area contributed by atoms with Crippen LogP contribution in [0.25, 0.3) is 0 Å². The van der Waals surface area contributed by atoms with Crippen molar-refractivity contribution in [2.24, 2.45) is 5.73 Å². The zero-order valence-corrected chi connectivity index (χ0v) is 7.10. The average Bonchev–Trinajstić information content (AvgIpc) is 2.31. The highest BCUT2D eigenvalue weighted by Crippen LogP contribution is 2.32. The third-order valence-corrected chi connectivity index (χ3v) is 2.53. The highest BCUT2D eigenvalue weighted by Gasteiger charge is 2.21. The maximum atomic E-state index is 12.9. The third kappa shape index (κ3) is 1.03. The fourth-order valence-corrected chi connectivity index (χ4v) is 2.02. The van der Waals surface area contributed by atoms with Crippen LogP contribution in [0, 0.1) is 12.7 Å². The maximum absolute atomic E-state index is 12.9. The number of hydrogen-bond acceptors (Lipinski definition) is 1. The van der Waals surface area contributed by atoms with E-state index in [0.717, 1.165) is 29.5 Å². The van der Waals surface area contributed by atoms with E-state index in [1.165, 1.54) is 0 Å². The number of benzene rings is 1. The molecule has 1 atom stereocenters. The lowest BCUT2D eigenvalue weighted by Gasteiger charge is -2.08. The summed E-state index contributed by atoms with van der Waals surface area (Å²) in [5.41, 5.74) is 9.13. The molecule has 2 rings (SSSR count). The van der Waals surface area contributed by atoms with E-state index in [4.69, 9.17) is 5.73 Å². The number of nitrogens with two attached hydrogens (primary N) is 1. The van der Waals surface area contributed by atoms with Crippen LogP contribution in [-0.4, -0.2) is 0 Å². The van der Waals surface area contributed by atoms with Crippen molar-refractivity contribution in [3.63, 3.8) is 0 Å². The van der Waals surface area contributed by atoms with Crippen LogP contribution in [0.2, 0.25) is 0 Å². The highest BCUT2D eigenvalue weighted by atomic mass is 19.1. The second kappa shape index (κ2) is 2.56. The molecule has 0 heterocycles. The minimum Gasteiger partial charge on any atom is -0.324 e. The molecule has 0 saturated heterocycles. The molecule has 0 bridgehead atoms. The molecule has 1 aliphatic rings. The largest absolute Gasteiger partial charge is 0.324 e. The number of hydrogen-bond donors (Lipinski definition) is 1. The fourth-order valence-electron chi connectivity index (χ4n) is 2.02. The Balaban J connectivity index is 2.60. The van der Waals surface area contributed by atoms with E-state index in [9.17, 15) is 4.39 Å². The molecule has 1 aromatic rings. The Hall–Kier alpha value is -0.890. The quantitative estimate of drug-likeness (QED) is 0.625. The van der Waals surface area contributed by atoms with Gasteiger partial charge in [0.25, 0.3) is 0 Å². The first-order chi connectivity index (χ1) is 5.68. The van der Waals surface area contributed by atoms with Gasteiger partial charge >= 0.3 is 0 Å². The number of rotatable bonds is 0. The Kier molecular flexibility index (Phi) is 1.65. The lowest BCUT2D eigenvalue weighted by molar-refractivity contribution is 0.624. The van der Waals surface area contributed by atoms with Crippen molar-refractivity contribution in [2.75, 3.05) is 0 Å². The molecule has 0 fully saturated rings. The molecule has 1 unspecified atom stereocenters. The second-order valence-corrected chi connectivity index (χ2v) is 3.44. The van der Waals surface area contributed by atoms with Crippen LogP contribution in [-0.2, 0) is 6.42 Å². The van der Waals surface area contributed by atoms with E-state index in [1.807, 2.05) is 6.92 Å². The van der Waals surface area contributed by atoms with Gasteiger partial charge in [-0.05, 0) is 48.6 Å². The summed E-state index contributed by atoms with van der Waals surface area (Å²) in [6, 6.07) is 3.29. The predicted octanol–water partition coefficient (Wildman–Crippen LogP) is 2.08. The molecule has 0 aromatic heterocycles. The van der Waals surface area contributed by atoms with Gasteiger partial charge in [-0.2, -0.15) is 0 Å². The van der Waals surface area contributed by atoms with Crippen molar-refractivity contribution >= 4 is 0 Å². The smallest absolute Gasteiger partial charge is 0.123 e. The minimum absolute atomic E-state index is 0.126. The Morgan fingerprint density at radius 2 is 2.25 bits per heavy atom. The molecule has 1 nitrogen and oxygen atoms in total. The molecule has 0 spiro atoms. The molecule has 12 heavy (non-hydrogen) atoms. The van der Waals surface area contributed by atoms with Gasteiger partial charge in [-0.15, -0.1) is 0 Å². The van der Waals surface area contributed by atoms with Crippen molar-refractivity contribution < 1.29 is 4.39 Å². The van der Waals surface area contributed by atoms with Crippen molar-refractivity contribution in [3.05, 3.63) is 34.6 Å². The van der Waals surface area contributed by atoms with E-state index in [2.05, 4.69) is 0 Å². The van der Waals surface area contributed by atoms with Crippen molar-refractivity contribution in [3.8, 4) is 0 Å². The summed E-state index contributed by atoms with van der Waals surface area (Å²) in [4.78, 5) is 0. The van der Waals surface area contributed by atoms with Crippen LogP contribution >= 0.6 is 0 Å². The number of aryl methyl sites for hydroxylation is 2. The summed E-state index contributed by atoms with van der Waals surface area (Å²) in [7, 11) is 0. The van der Waals surface area contributed by atoms with E-state index in [0.29, 0.717) is 0 Å². The van der Waals surface area contributed by atoms with Gasteiger partial charge in [-0.3, -0.25) is 0 Å². The normalized spacial score (nSPS) is 21.1. The zero-order valence-electron chi connectivity index (χ0n) is 7.10. The van der Waals surface area contributed by atoms with E-state index >= 15 is 0 Å². The van der Waals surface area contributed by atoms with Crippen LogP contribution in [0.1, 0.15) is 29.2 Å². The maximum Gasteiger partial charge on any atom is 0.123 e. The van der Waals surface area contributed by atoms with Crippen molar-refractivity contribution in [2.45, 2.75) is 25.8 Å². The Morgan fingerprint density at radius 3 is 3.00 bits per heavy atom. The van der Waals surface area contributed by atoms with Crippen LogP contribution in [0.5, 0.6) is 0 Å². The van der Waals surface area contributed by atoms with Crippen LogP contribution in [0.4, 0.5) is 4.39 Å². The number of fused-ring (bicyclic) bond motifs is 1. The summed E-state index contributed by atoms with van der Waals surface area (Å²) in [5.74, 6) is -0.139. The van der Waals surface area contributed by atoms with Gasteiger partial charge in [-0.25, -0.2) is 4.39 Å². The highest BCUT2D eigenvalue weighted by molar-refractivity contribution is 5.40. The van der Waals surface area contributed by atoms with Crippen molar-refractivity contribution in [1.82, 2.24) is 0 Å². The van der Waals surface area contributed by atoms with Gasteiger partial charge in [0, 0.05) is 6.04 Å². The standard InChI is InChI=1S/C10H12FN/c1-6-4-8(11)5-7-2-3-9(12)10(6)7/h4-5,9H,2-3,12H2,1H3. The fraction of sp³-hybridized carbons (Fsp3) is 0.400. The molecule has 1 aromatic carbocycles. The summed E-state index contributed by atoms with van der Waals surface area (Å²) in [5, 5.41) is 0. The molecule has 0 amide bonds.